The highest BCUT2D eigenvalue weighted by Crippen LogP contribution is 2.50. The van der Waals surface area contributed by atoms with Crippen molar-refractivity contribution in [3.63, 3.8) is 0 Å². The van der Waals surface area contributed by atoms with Gasteiger partial charge in [-0.15, -0.1) is 0 Å². The van der Waals surface area contributed by atoms with E-state index in [1.165, 1.54) is 0 Å². The second kappa shape index (κ2) is 8.77. The number of rotatable bonds is 7. The molecule has 0 amide bonds. The number of carbonyl (C=O) groups excluding carboxylic acids is 2. The van der Waals surface area contributed by atoms with E-state index in [0.29, 0.717) is 26.1 Å². The van der Waals surface area contributed by atoms with Crippen molar-refractivity contribution in [2.45, 2.75) is 90.6 Å². The van der Waals surface area contributed by atoms with Crippen molar-refractivity contribution in [1.29, 1.82) is 0 Å². The Labute approximate surface area is 201 Å². The van der Waals surface area contributed by atoms with Crippen molar-refractivity contribution >= 4 is 28.6 Å². The maximum absolute atomic E-state index is 12.6. The highest BCUT2D eigenvalue weighted by atomic mass is 28.4. The molecule has 0 saturated carbocycles. The highest BCUT2D eigenvalue weighted by Gasteiger charge is 2.55. The molecule has 3 rings (SSSR count). The van der Waals surface area contributed by atoms with Gasteiger partial charge in [-0.25, -0.2) is 0 Å². The van der Waals surface area contributed by atoms with Crippen molar-refractivity contribution < 1.29 is 27.9 Å². The molecule has 1 saturated heterocycles. The summed E-state index contributed by atoms with van der Waals surface area (Å²) in [5, 5.41) is 0.193. The van der Waals surface area contributed by atoms with Crippen LogP contribution in [0.4, 0.5) is 0 Å². The second-order valence-electron chi connectivity index (χ2n) is 12.7. The molecule has 0 aromatic heterocycles. The minimum absolute atomic E-state index is 0.0641. The lowest BCUT2D eigenvalue weighted by Gasteiger charge is -2.37. The molecule has 8 heteroatoms. The SMILES string of the molecule is CC(C)(C)[Si](C)(C)OCCC1=C(CO[Si](C)(C)C(C)(C)C)[C@@H]2C(=CC[C@@H]3C(=O)OC(=O)[C@H]23)O1. The van der Waals surface area contributed by atoms with Crippen LogP contribution < -0.4 is 0 Å². The maximum Gasteiger partial charge on any atom is 0.318 e. The molecule has 0 aromatic rings. The molecule has 0 aromatic carbocycles. The lowest BCUT2D eigenvalue weighted by Crippen LogP contribution is -2.42. The molecule has 1 fully saturated rings. The Kier molecular flexibility index (Phi) is 7.01. The first-order chi connectivity index (χ1) is 15.0. The van der Waals surface area contributed by atoms with Gasteiger partial charge in [0.15, 0.2) is 16.6 Å². The van der Waals surface area contributed by atoms with Crippen molar-refractivity contribution in [2.24, 2.45) is 17.8 Å². The maximum atomic E-state index is 12.6. The average molecular weight is 495 g/mol. The van der Waals surface area contributed by atoms with Gasteiger partial charge in [-0.2, -0.15) is 0 Å². The Morgan fingerprint density at radius 2 is 1.48 bits per heavy atom. The van der Waals surface area contributed by atoms with E-state index in [4.69, 9.17) is 18.3 Å². The summed E-state index contributed by atoms with van der Waals surface area (Å²) in [5.74, 6) is -0.492. The van der Waals surface area contributed by atoms with Crippen molar-refractivity contribution in [1.82, 2.24) is 0 Å². The van der Waals surface area contributed by atoms with Crippen LogP contribution in [0.5, 0.6) is 0 Å². The topological polar surface area (TPSA) is 71.1 Å². The van der Waals surface area contributed by atoms with Crippen molar-refractivity contribution in [2.75, 3.05) is 13.2 Å². The minimum atomic E-state index is -2.03. The lowest BCUT2D eigenvalue weighted by atomic mass is 9.73. The Morgan fingerprint density at radius 3 is 2.06 bits per heavy atom. The number of carbonyl (C=O) groups is 2. The monoisotopic (exact) mass is 494 g/mol. The molecule has 0 unspecified atom stereocenters. The molecule has 2 heterocycles. The Hall–Kier alpha value is -1.23. The van der Waals surface area contributed by atoms with Crippen LogP contribution in [0, 0.1) is 17.8 Å². The summed E-state index contributed by atoms with van der Waals surface area (Å²) in [6.07, 6.45) is 3.06. The molecule has 0 radical (unpaired) electrons. The first-order valence-corrected chi connectivity index (χ1v) is 17.9. The molecule has 6 nitrogen and oxygen atoms in total. The largest absolute Gasteiger partial charge is 0.466 e. The van der Waals surface area contributed by atoms with Crippen LogP contribution in [0.15, 0.2) is 23.2 Å². The summed E-state index contributed by atoms with van der Waals surface area (Å²) < 4.78 is 24.3. The standard InChI is InChI=1S/C25H42O6Si2/c1-24(2,3)32(7,8)28-14-13-18-17(15-29-33(9,10)25(4,5)6)20-19(30-18)12-11-16-21(20)23(27)31-22(16)26/h12,16,20-21H,11,13-15H2,1-10H3/t16-,20+,21-/m0/s1. The van der Waals surface area contributed by atoms with Gasteiger partial charge in [0.2, 0.25) is 0 Å². The van der Waals surface area contributed by atoms with Gasteiger partial charge in [-0.3, -0.25) is 9.59 Å². The first-order valence-electron chi connectivity index (χ1n) is 12.1. The van der Waals surface area contributed by atoms with Gasteiger partial charge in [0, 0.05) is 18.6 Å². The Morgan fingerprint density at radius 1 is 0.909 bits per heavy atom. The van der Waals surface area contributed by atoms with E-state index >= 15 is 0 Å². The van der Waals surface area contributed by atoms with Crippen molar-refractivity contribution in [3.8, 4) is 0 Å². The van der Waals surface area contributed by atoms with Gasteiger partial charge in [-0.05, 0) is 48.8 Å². The highest BCUT2D eigenvalue weighted by molar-refractivity contribution is 6.74. The van der Waals surface area contributed by atoms with Crippen LogP contribution in [0.25, 0.3) is 0 Å². The van der Waals surface area contributed by atoms with Crippen LogP contribution in [-0.2, 0) is 27.9 Å². The number of fused-ring (bicyclic) bond motifs is 3. The van der Waals surface area contributed by atoms with Gasteiger partial charge in [0.1, 0.15) is 11.5 Å². The summed E-state index contributed by atoms with van der Waals surface area (Å²) >= 11 is 0. The van der Waals surface area contributed by atoms with Crippen LogP contribution >= 0.6 is 0 Å². The fraction of sp³-hybridized carbons (Fsp3) is 0.760. The number of cyclic esters (lactones) is 2. The molecule has 3 aliphatic rings. The molecular weight excluding hydrogens is 452 g/mol. The van der Waals surface area contributed by atoms with Gasteiger partial charge in [-0.1, -0.05) is 41.5 Å². The fourth-order valence-electron chi connectivity index (χ4n) is 4.06. The molecule has 186 valence electrons. The molecular formula is C25H42O6Si2. The summed E-state index contributed by atoms with van der Waals surface area (Å²) in [4.78, 5) is 24.9. The van der Waals surface area contributed by atoms with Gasteiger partial charge < -0.3 is 18.3 Å². The zero-order valence-electron chi connectivity index (χ0n) is 22.1. The zero-order chi connectivity index (χ0) is 25.0. The van der Waals surface area contributed by atoms with E-state index in [-0.39, 0.29) is 16.0 Å². The predicted molar refractivity (Wildman–Crippen MR) is 133 cm³/mol. The van der Waals surface area contributed by atoms with E-state index < -0.39 is 40.4 Å². The molecule has 0 N–H and O–H groups in total. The van der Waals surface area contributed by atoms with Gasteiger partial charge in [0.25, 0.3) is 0 Å². The predicted octanol–water partition coefficient (Wildman–Crippen LogP) is 5.92. The van der Waals surface area contributed by atoms with E-state index in [1.807, 2.05) is 6.08 Å². The smallest absolute Gasteiger partial charge is 0.318 e. The summed E-state index contributed by atoms with van der Waals surface area (Å²) in [7, 11) is -3.91. The average Bonchev–Trinajstić information content (AvgIpc) is 3.14. The van der Waals surface area contributed by atoms with E-state index in [1.54, 1.807) is 0 Å². The molecule has 33 heavy (non-hydrogen) atoms. The molecule has 3 atom stereocenters. The summed E-state index contributed by atoms with van der Waals surface area (Å²) in [6.45, 7) is 23.2. The first kappa shape index (κ1) is 26.4. The number of allylic oxidation sites excluding steroid dienone is 2. The number of esters is 2. The summed E-state index contributed by atoms with van der Waals surface area (Å²) in [6, 6.07) is 0. The van der Waals surface area contributed by atoms with Gasteiger partial charge >= 0.3 is 11.9 Å². The number of ether oxygens (including phenoxy) is 2. The van der Waals surface area contributed by atoms with Crippen molar-refractivity contribution in [3.05, 3.63) is 23.2 Å². The fourth-order valence-corrected chi connectivity index (χ4v) is 6.05. The van der Waals surface area contributed by atoms with Gasteiger partial charge in [0.05, 0.1) is 24.4 Å². The Balaban J connectivity index is 1.87. The molecule has 0 bridgehead atoms. The minimum Gasteiger partial charge on any atom is -0.466 e. The van der Waals surface area contributed by atoms with E-state index in [9.17, 15) is 9.59 Å². The quantitative estimate of drug-likeness (QED) is 0.248. The third-order valence-corrected chi connectivity index (χ3v) is 17.4. The molecule has 0 spiro atoms. The van der Waals surface area contributed by atoms with Crippen LogP contribution in [0.1, 0.15) is 54.4 Å². The van der Waals surface area contributed by atoms with Crippen LogP contribution in [0.2, 0.25) is 36.3 Å². The number of hydrogen-bond acceptors (Lipinski definition) is 6. The summed E-state index contributed by atoms with van der Waals surface area (Å²) in [5.41, 5.74) is 0.978. The number of hydrogen-bond donors (Lipinski definition) is 0. The second-order valence-corrected chi connectivity index (χ2v) is 22.3. The van der Waals surface area contributed by atoms with Crippen LogP contribution in [0.3, 0.4) is 0 Å². The lowest BCUT2D eigenvalue weighted by molar-refractivity contribution is -0.154. The van der Waals surface area contributed by atoms with E-state index in [0.717, 1.165) is 17.1 Å². The molecule has 1 aliphatic carbocycles. The third-order valence-electron chi connectivity index (χ3n) is 8.42. The normalized spacial score (nSPS) is 26.1. The molecule has 2 aliphatic heterocycles. The van der Waals surface area contributed by atoms with E-state index in [2.05, 4.69) is 67.7 Å². The van der Waals surface area contributed by atoms with Crippen LogP contribution in [-0.4, -0.2) is 41.8 Å². The third kappa shape index (κ3) is 5.09. The zero-order valence-corrected chi connectivity index (χ0v) is 24.1. The Bertz CT molecular complexity index is 872.